The number of aryl methyl sites for hydroxylation is 2. The Morgan fingerprint density at radius 1 is 0.837 bits per heavy atom. The summed E-state index contributed by atoms with van der Waals surface area (Å²) in [7, 11) is 0. The average Bonchev–Trinajstić information content (AvgIpc) is 3.77. The molecule has 6 heterocycles. The molecule has 12 heteroatoms. The summed E-state index contributed by atoms with van der Waals surface area (Å²) in [6.07, 6.45) is 1.70. The van der Waals surface area contributed by atoms with Gasteiger partial charge in [0.05, 0.1) is 15.4 Å². The second-order valence-corrected chi connectivity index (χ2v) is 13.0. The molecule has 2 N–H and O–H groups in total. The van der Waals surface area contributed by atoms with E-state index in [9.17, 15) is 18.4 Å². The van der Waals surface area contributed by atoms with E-state index in [4.69, 9.17) is 11.6 Å². The van der Waals surface area contributed by atoms with Crippen molar-refractivity contribution in [3.05, 3.63) is 86.5 Å². The topological polar surface area (TPSA) is 81.0 Å². The maximum atomic E-state index is 14.1. The van der Waals surface area contributed by atoms with E-state index in [1.54, 1.807) is 12.3 Å². The predicted octanol–water partition coefficient (Wildman–Crippen LogP) is 7.17. The molecule has 4 aromatic heterocycles. The molecule has 43 heavy (non-hydrogen) atoms. The van der Waals surface area contributed by atoms with Gasteiger partial charge in [0.15, 0.2) is 0 Å². The van der Waals surface area contributed by atoms with Crippen LogP contribution < -0.4 is 10.6 Å². The van der Waals surface area contributed by atoms with Crippen molar-refractivity contribution < 1.29 is 18.4 Å². The summed E-state index contributed by atoms with van der Waals surface area (Å²) in [5.41, 5.74) is 6.22. The zero-order valence-electron chi connectivity index (χ0n) is 23.1. The maximum Gasteiger partial charge on any atom is 0.268 e. The van der Waals surface area contributed by atoms with Gasteiger partial charge in [-0.2, -0.15) is 0 Å². The number of halogens is 3. The van der Waals surface area contributed by atoms with Crippen LogP contribution in [0, 0.1) is 25.5 Å². The van der Waals surface area contributed by atoms with Crippen LogP contribution in [-0.4, -0.2) is 39.0 Å². The van der Waals surface area contributed by atoms with Crippen LogP contribution in [0.3, 0.4) is 0 Å². The molecule has 0 spiro atoms. The second-order valence-electron chi connectivity index (χ2n) is 10.4. The highest BCUT2D eigenvalue weighted by Gasteiger charge is 2.27. The Hall–Kier alpha value is -4.06. The van der Waals surface area contributed by atoms with Crippen molar-refractivity contribution in [2.45, 2.75) is 26.9 Å². The Kier molecular flexibility index (Phi) is 6.83. The summed E-state index contributed by atoms with van der Waals surface area (Å²) in [6.45, 7) is 6.27. The normalized spacial score (nSPS) is 14.3. The zero-order chi connectivity index (χ0) is 30.0. The van der Waals surface area contributed by atoms with Crippen molar-refractivity contribution in [2.24, 2.45) is 0 Å². The highest BCUT2D eigenvalue weighted by Crippen LogP contribution is 2.40. The van der Waals surface area contributed by atoms with Gasteiger partial charge in [0.2, 0.25) is 0 Å². The van der Waals surface area contributed by atoms with Crippen LogP contribution in [0.4, 0.5) is 8.78 Å². The molecule has 2 aliphatic heterocycles. The minimum atomic E-state index is -0.307. The molecule has 7 nitrogen and oxygen atoms in total. The molecule has 0 saturated heterocycles. The Labute approximate surface area is 257 Å². The lowest BCUT2D eigenvalue weighted by atomic mass is 10.1. The summed E-state index contributed by atoms with van der Waals surface area (Å²) >= 11 is 8.91. The SMILES string of the molecule is Cc1c2n(c3c(-c4ccc(Cl)s4)cc(F)cc13)CCNC2=O.Cc1c2n(c3c(-c4nccs4)cc(F)cc13)CCNC2=O. The van der Waals surface area contributed by atoms with Gasteiger partial charge >= 0.3 is 0 Å². The van der Waals surface area contributed by atoms with Gasteiger partial charge in [-0.25, -0.2) is 13.8 Å². The molecular weight excluding hydrogens is 612 g/mol. The third-order valence-corrected chi connectivity index (χ3v) is 9.99. The Morgan fingerprint density at radius 2 is 1.40 bits per heavy atom. The molecule has 0 radical (unpaired) electrons. The largest absolute Gasteiger partial charge is 0.349 e. The van der Waals surface area contributed by atoms with E-state index >= 15 is 0 Å². The van der Waals surface area contributed by atoms with E-state index in [2.05, 4.69) is 15.6 Å². The van der Waals surface area contributed by atoms with Crippen molar-refractivity contribution in [1.29, 1.82) is 0 Å². The number of amides is 2. The van der Waals surface area contributed by atoms with E-state index in [0.717, 1.165) is 53.9 Å². The fourth-order valence-electron chi connectivity index (χ4n) is 6.16. The maximum absolute atomic E-state index is 14.1. The van der Waals surface area contributed by atoms with Crippen molar-refractivity contribution in [3.8, 4) is 21.0 Å². The fraction of sp³-hybridized carbons (Fsp3) is 0.194. The van der Waals surface area contributed by atoms with Crippen molar-refractivity contribution >= 4 is 67.9 Å². The van der Waals surface area contributed by atoms with Crippen LogP contribution in [0.1, 0.15) is 32.1 Å². The number of rotatable bonds is 2. The van der Waals surface area contributed by atoms with E-state index in [1.165, 1.54) is 46.9 Å². The van der Waals surface area contributed by atoms with Crippen LogP contribution in [0.15, 0.2) is 48.0 Å². The number of carbonyl (C=O) groups is 2. The highest BCUT2D eigenvalue weighted by molar-refractivity contribution is 7.19. The number of aromatic nitrogens is 3. The smallest absolute Gasteiger partial charge is 0.268 e. The first-order valence-corrected chi connectivity index (χ1v) is 15.7. The number of benzene rings is 2. The minimum Gasteiger partial charge on any atom is -0.349 e. The molecule has 0 aliphatic carbocycles. The quantitative estimate of drug-likeness (QED) is 0.212. The van der Waals surface area contributed by atoms with Gasteiger partial charge in [-0.05, 0) is 61.4 Å². The molecule has 0 atom stereocenters. The lowest BCUT2D eigenvalue weighted by molar-refractivity contribution is 0.0920. The predicted molar refractivity (Wildman–Crippen MR) is 167 cm³/mol. The number of hydrogen-bond acceptors (Lipinski definition) is 5. The summed E-state index contributed by atoms with van der Waals surface area (Å²) in [4.78, 5) is 29.5. The minimum absolute atomic E-state index is 0.0968. The van der Waals surface area contributed by atoms with Gasteiger partial charge in [-0.15, -0.1) is 22.7 Å². The van der Waals surface area contributed by atoms with Gasteiger partial charge in [-0.3, -0.25) is 9.59 Å². The average molecular weight is 636 g/mol. The molecule has 2 aliphatic rings. The summed E-state index contributed by atoms with van der Waals surface area (Å²) in [6, 6.07) is 9.71. The van der Waals surface area contributed by atoms with Crippen LogP contribution in [0.5, 0.6) is 0 Å². The van der Waals surface area contributed by atoms with Crippen LogP contribution in [0.2, 0.25) is 4.34 Å². The zero-order valence-corrected chi connectivity index (χ0v) is 25.4. The molecule has 2 aromatic carbocycles. The monoisotopic (exact) mass is 635 g/mol. The van der Waals surface area contributed by atoms with Gasteiger partial charge in [0, 0.05) is 64.5 Å². The molecule has 0 bridgehead atoms. The molecule has 2 amide bonds. The highest BCUT2D eigenvalue weighted by atomic mass is 35.5. The van der Waals surface area contributed by atoms with E-state index in [0.29, 0.717) is 41.9 Å². The summed E-state index contributed by atoms with van der Waals surface area (Å²) < 4.78 is 32.7. The number of nitrogens with zero attached hydrogens (tertiary/aromatic N) is 3. The molecule has 0 fully saturated rings. The number of hydrogen-bond donors (Lipinski definition) is 2. The second kappa shape index (κ2) is 10.6. The first-order chi connectivity index (χ1) is 20.7. The summed E-state index contributed by atoms with van der Waals surface area (Å²) in [5.74, 6) is -0.811. The number of fused-ring (bicyclic) bond motifs is 6. The van der Waals surface area contributed by atoms with Crippen LogP contribution in [0.25, 0.3) is 42.8 Å². The Bertz CT molecular complexity index is 2090. The Morgan fingerprint density at radius 3 is 1.91 bits per heavy atom. The van der Waals surface area contributed by atoms with Crippen LogP contribution in [-0.2, 0) is 13.1 Å². The number of thiazole rings is 1. The number of carbonyl (C=O) groups excluding carboxylic acids is 2. The van der Waals surface area contributed by atoms with Crippen molar-refractivity contribution in [1.82, 2.24) is 24.8 Å². The molecule has 0 saturated carbocycles. The molecule has 0 unspecified atom stereocenters. The third-order valence-electron chi connectivity index (χ3n) is 7.92. The first kappa shape index (κ1) is 27.8. The molecular formula is C31H24ClF2N5O2S2. The van der Waals surface area contributed by atoms with E-state index in [-0.39, 0.29) is 23.4 Å². The van der Waals surface area contributed by atoms with Crippen LogP contribution >= 0.6 is 34.3 Å². The standard InChI is InChI=1S/C16H12ClFN2OS.C15H12FN3OS/c1-8-10-6-9(18)7-11(12-2-3-13(17)22-12)15(10)20-5-4-19-16(21)14(8)20;1-8-10-6-9(16)7-11(15-18-3-5-21-15)13(10)19-4-2-17-14(20)12(8)19/h2-3,6-7H,4-5H2,1H3,(H,19,21);3,5-7H,2,4H2,1H3,(H,17,20). The van der Waals surface area contributed by atoms with Crippen molar-refractivity contribution in [2.75, 3.05) is 13.1 Å². The van der Waals surface area contributed by atoms with Gasteiger partial charge < -0.3 is 19.8 Å². The first-order valence-electron chi connectivity index (χ1n) is 13.6. The number of thiophene rings is 1. The third kappa shape index (κ3) is 4.54. The molecule has 6 aromatic rings. The number of nitrogens with one attached hydrogen (secondary N) is 2. The van der Waals surface area contributed by atoms with E-state index in [1.807, 2.05) is 34.4 Å². The van der Waals surface area contributed by atoms with Gasteiger partial charge in [-0.1, -0.05) is 11.6 Å². The van der Waals surface area contributed by atoms with Gasteiger partial charge in [0.25, 0.3) is 11.8 Å². The van der Waals surface area contributed by atoms with Crippen molar-refractivity contribution in [3.63, 3.8) is 0 Å². The summed E-state index contributed by atoms with van der Waals surface area (Å²) in [5, 5.41) is 9.89. The lowest BCUT2D eigenvalue weighted by Crippen LogP contribution is -2.35. The molecule has 8 rings (SSSR count). The fourth-order valence-corrected chi connectivity index (χ4v) is 7.88. The van der Waals surface area contributed by atoms with Gasteiger partial charge in [0.1, 0.15) is 28.0 Å². The lowest BCUT2D eigenvalue weighted by Gasteiger charge is -2.18. The molecule has 218 valence electrons. The van der Waals surface area contributed by atoms with E-state index < -0.39 is 0 Å². The Balaban J connectivity index is 0.000000140.